The van der Waals surface area contributed by atoms with Crippen LogP contribution >= 0.6 is 11.3 Å². The Labute approximate surface area is 125 Å². The van der Waals surface area contributed by atoms with Gasteiger partial charge in [-0.25, -0.2) is 4.98 Å². The Hall–Kier alpha value is -1.55. The molecular formula is C16H22N2OS. The highest BCUT2D eigenvalue weighted by atomic mass is 32.1. The maximum absolute atomic E-state index is 5.82. The monoisotopic (exact) mass is 290 g/mol. The minimum absolute atomic E-state index is 0.145. The van der Waals surface area contributed by atoms with E-state index in [1.165, 1.54) is 4.88 Å². The van der Waals surface area contributed by atoms with Crippen molar-refractivity contribution in [3.05, 3.63) is 40.7 Å². The average Bonchev–Trinajstić information content (AvgIpc) is 2.93. The largest absolute Gasteiger partial charge is 0.487 e. The summed E-state index contributed by atoms with van der Waals surface area (Å²) < 4.78 is 5.82. The minimum Gasteiger partial charge on any atom is -0.487 e. The van der Waals surface area contributed by atoms with E-state index in [1.54, 1.807) is 17.5 Å². The van der Waals surface area contributed by atoms with E-state index in [0.717, 1.165) is 24.4 Å². The molecule has 4 heteroatoms. The number of pyridine rings is 1. The van der Waals surface area contributed by atoms with Crippen LogP contribution in [0.25, 0.3) is 0 Å². The zero-order valence-electron chi connectivity index (χ0n) is 12.3. The lowest BCUT2D eigenvalue weighted by Crippen LogP contribution is -2.13. The Morgan fingerprint density at radius 1 is 1.30 bits per heavy atom. The van der Waals surface area contributed by atoms with E-state index in [1.807, 2.05) is 26.0 Å². The summed E-state index contributed by atoms with van der Waals surface area (Å²) in [5, 5.41) is 5.65. The van der Waals surface area contributed by atoms with Gasteiger partial charge in [0, 0.05) is 11.1 Å². The van der Waals surface area contributed by atoms with Gasteiger partial charge in [-0.05, 0) is 43.8 Å². The number of hydrogen-bond acceptors (Lipinski definition) is 4. The first-order chi connectivity index (χ1) is 9.70. The summed E-state index contributed by atoms with van der Waals surface area (Å²) in [4.78, 5) is 5.77. The third-order valence-electron chi connectivity index (χ3n) is 2.91. The summed E-state index contributed by atoms with van der Waals surface area (Å²) in [6, 6.07) is 8.43. The highest BCUT2D eigenvalue weighted by molar-refractivity contribution is 7.10. The predicted octanol–water partition coefficient (Wildman–Crippen LogP) is 4.88. The molecule has 2 aromatic rings. The predicted molar refractivity (Wildman–Crippen MR) is 85.6 cm³/mol. The highest BCUT2D eigenvalue weighted by Gasteiger charge is 2.15. The van der Waals surface area contributed by atoms with Crippen molar-refractivity contribution in [3.63, 3.8) is 0 Å². The van der Waals surface area contributed by atoms with Gasteiger partial charge in [0.05, 0.1) is 12.1 Å². The van der Waals surface area contributed by atoms with Gasteiger partial charge in [-0.15, -0.1) is 11.3 Å². The van der Waals surface area contributed by atoms with Crippen molar-refractivity contribution in [1.82, 2.24) is 4.98 Å². The van der Waals surface area contributed by atoms with Crippen molar-refractivity contribution in [1.29, 1.82) is 0 Å². The Kier molecular flexibility index (Phi) is 5.41. The fourth-order valence-electron chi connectivity index (χ4n) is 2.08. The molecule has 0 radical (unpaired) electrons. The van der Waals surface area contributed by atoms with Gasteiger partial charge in [-0.1, -0.05) is 19.4 Å². The third-order valence-corrected chi connectivity index (χ3v) is 3.89. The number of hydrogen-bond donors (Lipinski definition) is 1. The number of anilines is 1. The lowest BCUT2D eigenvalue weighted by molar-refractivity contribution is 0.242. The molecule has 0 fully saturated rings. The maximum Gasteiger partial charge on any atom is 0.169 e. The van der Waals surface area contributed by atoms with E-state index in [0.29, 0.717) is 6.04 Å². The lowest BCUT2D eigenvalue weighted by atomic mass is 10.1. The smallest absolute Gasteiger partial charge is 0.169 e. The molecule has 0 aromatic carbocycles. The van der Waals surface area contributed by atoms with Gasteiger partial charge >= 0.3 is 0 Å². The van der Waals surface area contributed by atoms with E-state index in [2.05, 4.69) is 34.7 Å². The molecule has 108 valence electrons. The topological polar surface area (TPSA) is 34.2 Å². The van der Waals surface area contributed by atoms with Crippen molar-refractivity contribution in [2.75, 3.05) is 5.32 Å². The summed E-state index contributed by atoms with van der Waals surface area (Å²) >= 11 is 1.78. The quantitative estimate of drug-likeness (QED) is 0.789. The molecule has 0 saturated heterocycles. The molecule has 2 heterocycles. The minimum atomic E-state index is 0.145. The molecule has 1 atom stereocenters. The number of rotatable bonds is 7. The summed E-state index contributed by atoms with van der Waals surface area (Å²) in [6.07, 6.45) is 4.15. The molecule has 1 N–H and O–H groups in total. The van der Waals surface area contributed by atoms with Crippen LogP contribution in [0.4, 0.5) is 5.82 Å². The first kappa shape index (κ1) is 14.9. The Morgan fingerprint density at radius 2 is 2.15 bits per heavy atom. The lowest BCUT2D eigenvalue weighted by Gasteiger charge is -2.20. The van der Waals surface area contributed by atoms with Crippen LogP contribution in [0.2, 0.25) is 0 Å². The molecule has 0 spiro atoms. The zero-order chi connectivity index (χ0) is 14.4. The van der Waals surface area contributed by atoms with Gasteiger partial charge in [-0.3, -0.25) is 0 Å². The van der Waals surface area contributed by atoms with Gasteiger partial charge < -0.3 is 10.1 Å². The van der Waals surface area contributed by atoms with Gasteiger partial charge in [0.1, 0.15) is 0 Å². The molecule has 0 aliphatic rings. The SMILES string of the molecule is CCCC(Nc1ncccc1OC(C)C)c1cccs1. The third kappa shape index (κ3) is 3.97. The molecule has 0 saturated carbocycles. The van der Waals surface area contributed by atoms with Crippen LogP contribution in [-0.2, 0) is 0 Å². The normalized spacial score (nSPS) is 12.4. The maximum atomic E-state index is 5.82. The summed E-state index contributed by atoms with van der Waals surface area (Å²) in [7, 11) is 0. The van der Waals surface area contributed by atoms with E-state index < -0.39 is 0 Å². The highest BCUT2D eigenvalue weighted by Crippen LogP contribution is 2.31. The molecule has 3 nitrogen and oxygen atoms in total. The molecule has 0 aliphatic carbocycles. The van der Waals surface area contributed by atoms with Gasteiger partial charge in [0.25, 0.3) is 0 Å². The summed E-state index contributed by atoms with van der Waals surface area (Å²) in [6.45, 7) is 6.26. The second-order valence-electron chi connectivity index (χ2n) is 5.02. The van der Waals surface area contributed by atoms with E-state index in [9.17, 15) is 0 Å². The molecule has 2 aromatic heterocycles. The second-order valence-corrected chi connectivity index (χ2v) is 6.00. The van der Waals surface area contributed by atoms with E-state index in [4.69, 9.17) is 4.74 Å². The van der Waals surface area contributed by atoms with Gasteiger partial charge in [-0.2, -0.15) is 0 Å². The number of thiophene rings is 1. The Bertz CT molecular complexity index is 511. The molecule has 0 bridgehead atoms. The van der Waals surface area contributed by atoms with Crippen LogP contribution in [0.15, 0.2) is 35.8 Å². The summed E-state index contributed by atoms with van der Waals surface area (Å²) in [5.74, 6) is 1.65. The average molecular weight is 290 g/mol. The van der Waals surface area contributed by atoms with Crippen LogP contribution in [-0.4, -0.2) is 11.1 Å². The van der Waals surface area contributed by atoms with Crippen molar-refractivity contribution >= 4 is 17.2 Å². The number of nitrogens with one attached hydrogen (secondary N) is 1. The first-order valence-corrected chi connectivity index (χ1v) is 8.00. The molecule has 2 rings (SSSR count). The first-order valence-electron chi connectivity index (χ1n) is 7.12. The van der Waals surface area contributed by atoms with Crippen LogP contribution < -0.4 is 10.1 Å². The fourth-order valence-corrected chi connectivity index (χ4v) is 2.89. The van der Waals surface area contributed by atoms with Crippen LogP contribution in [0, 0.1) is 0 Å². The van der Waals surface area contributed by atoms with Crippen LogP contribution in [0.1, 0.15) is 44.5 Å². The molecule has 1 unspecified atom stereocenters. The van der Waals surface area contributed by atoms with E-state index >= 15 is 0 Å². The molecule has 0 amide bonds. The van der Waals surface area contributed by atoms with Gasteiger partial charge in [0.2, 0.25) is 0 Å². The van der Waals surface area contributed by atoms with Crippen LogP contribution in [0.5, 0.6) is 5.75 Å². The number of ether oxygens (including phenoxy) is 1. The second kappa shape index (κ2) is 7.29. The van der Waals surface area contributed by atoms with Crippen molar-refractivity contribution < 1.29 is 4.74 Å². The number of nitrogens with zero attached hydrogens (tertiary/aromatic N) is 1. The van der Waals surface area contributed by atoms with Crippen molar-refractivity contribution in [2.45, 2.75) is 45.8 Å². The standard InChI is InChI=1S/C16H22N2OS/c1-4-7-13(15-9-6-11-20-15)18-16-14(19-12(2)3)8-5-10-17-16/h5-6,8-13H,4,7H2,1-3H3,(H,17,18). The molecular weight excluding hydrogens is 268 g/mol. The van der Waals surface area contributed by atoms with Gasteiger partial charge in [0.15, 0.2) is 11.6 Å². The zero-order valence-corrected chi connectivity index (χ0v) is 13.1. The Balaban J connectivity index is 2.18. The van der Waals surface area contributed by atoms with Crippen LogP contribution in [0.3, 0.4) is 0 Å². The number of aromatic nitrogens is 1. The molecule has 0 aliphatic heterocycles. The molecule has 20 heavy (non-hydrogen) atoms. The van der Waals surface area contributed by atoms with E-state index in [-0.39, 0.29) is 6.10 Å². The van der Waals surface area contributed by atoms with Crippen molar-refractivity contribution in [2.24, 2.45) is 0 Å². The Morgan fingerprint density at radius 3 is 2.80 bits per heavy atom. The van der Waals surface area contributed by atoms with Crippen molar-refractivity contribution in [3.8, 4) is 5.75 Å². The fraction of sp³-hybridized carbons (Fsp3) is 0.438. The summed E-state index contributed by atoms with van der Waals surface area (Å²) in [5.41, 5.74) is 0.